The van der Waals surface area contributed by atoms with Crippen LogP contribution in [0.15, 0.2) is 67.1 Å². The first-order chi connectivity index (χ1) is 16.6. The number of benzene rings is 2. The van der Waals surface area contributed by atoms with Crippen LogP contribution < -0.4 is 16.4 Å². The maximum absolute atomic E-state index is 6.42. The Morgan fingerprint density at radius 2 is 1.85 bits per heavy atom. The van der Waals surface area contributed by atoms with Gasteiger partial charge in [0.25, 0.3) is 0 Å². The fourth-order valence-electron chi connectivity index (χ4n) is 4.84. The molecular formula is C28H34N6. The number of hydrogen-bond acceptors (Lipinski definition) is 5. The van der Waals surface area contributed by atoms with E-state index in [1.165, 1.54) is 18.4 Å². The van der Waals surface area contributed by atoms with Crippen molar-refractivity contribution in [1.82, 2.24) is 14.5 Å². The summed E-state index contributed by atoms with van der Waals surface area (Å²) in [6.07, 6.45) is 8.44. The molecule has 0 bridgehead atoms. The molecule has 2 heterocycles. The molecule has 0 saturated heterocycles. The Morgan fingerprint density at radius 3 is 2.59 bits per heavy atom. The zero-order chi connectivity index (χ0) is 23.5. The van der Waals surface area contributed by atoms with Crippen LogP contribution >= 0.6 is 0 Å². The summed E-state index contributed by atoms with van der Waals surface area (Å²) in [4.78, 5) is 9.19. The van der Waals surface area contributed by atoms with E-state index in [1.807, 2.05) is 30.7 Å². The van der Waals surface area contributed by atoms with Gasteiger partial charge in [0.15, 0.2) is 0 Å². The molecular weight excluding hydrogens is 420 g/mol. The Balaban J connectivity index is 1.39. The van der Waals surface area contributed by atoms with Gasteiger partial charge < -0.3 is 20.9 Å². The minimum atomic E-state index is 0.202. The average Bonchev–Trinajstić information content (AvgIpc) is 3.29. The van der Waals surface area contributed by atoms with Crippen molar-refractivity contribution in [1.29, 1.82) is 0 Å². The third-order valence-corrected chi connectivity index (χ3v) is 6.80. The fourth-order valence-corrected chi connectivity index (χ4v) is 4.84. The third kappa shape index (κ3) is 4.77. The number of nitrogens with two attached hydrogens (primary N) is 1. The molecule has 2 atom stereocenters. The van der Waals surface area contributed by atoms with Gasteiger partial charge in [0, 0.05) is 42.1 Å². The van der Waals surface area contributed by atoms with Crippen molar-refractivity contribution in [3.63, 3.8) is 0 Å². The highest BCUT2D eigenvalue weighted by atomic mass is 15.1. The first kappa shape index (κ1) is 22.4. The lowest BCUT2D eigenvalue weighted by Gasteiger charge is -2.30. The topological polar surface area (TPSA) is 80.8 Å². The lowest BCUT2D eigenvalue weighted by atomic mass is 9.91. The van der Waals surface area contributed by atoms with Gasteiger partial charge in [0.1, 0.15) is 5.52 Å². The number of imidazole rings is 1. The van der Waals surface area contributed by atoms with E-state index in [0.717, 1.165) is 53.1 Å². The lowest BCUT2D eigenvalue weighted by molar-refractivity contribution is 0.404. The summed E-state index contributed by atoms with van der Waals surface area (Å²) >= 11 is 0. The van der Waals surface area contributed by atoms with Crippen molar-refractivity contribution < 1.29 is 0 Å². The van der Waals surface area contributed by atoms with E-state index < -0.39 is 0 Å². The molecule has 0 spiro atoms. The lowest BCUT2D eigenvalue weighted by Crippen LogP contribution is -2.42. The van der Waals surface area contributed by atoms with E-state index in [2.05, 4.69) is 70.4 Å². The first-order valence-corrected chi connectivity index (χ1v) is 12.4. The van der Waals surface area contributed by atoms with E-state index in [0.29, 0.717) is 12.1 Å². The summed E-state index contributed by atoms with van der Waals surface area (Å²) in [6.45, 7) is 5.10. The van der Waals surface area contributed by atoms with E-state index in [1.54, 1.807) is 0 Å². The molecule has 0 unspecified atom stereocenters. The van der Waals surface area contributed by atoms with Crippen molar-refractivity contribution in [2.45, 2.75) is 64.2 Å². The Morgan fingerprint density at radius 1 is 1.03 bits per heavy atom. The molecule has 0 amide bonds. The van der Waals surface area contributed by atoms with Crippen molar-refractivity contribution in [2.24, 2.45) is 5.73 Å². The summed E-state index contributed by atoms with van der Waals surface area (Å²) < 4.78 is 2.23. The van der Waals surface area contributed by atoms with Gasteiger partial charge in [-0.15, -0.1) is 0 Å². The molecule has 6 heteroatoms. The highest BCUT2D eigenvalue weighted by Crippen LogP contribution is 2.31. The Labute approximate surface area is 201 Å². The van der Waals surface area contributed by atoms with Crippen LogP contribution in [0.5, 0.6) is 0 Å². The molecule has 1 saturated carbocycles. The molecule has 6 nitrogen and oxygen atoms in total. The van der Waals surface area contributed by atoms with Crippen molar-refractivity contribution in [2.75, 3.05) is 10.6 Å². The predicted molar refractivity (Wildman–Crippen MR) is 141 cm³/mol. The van der Waals surface area contributed by atoms with Crippen molar-refractivity contribution in [3.05, 3.63) is 72.7 Å². The Hall–Kier alpha value is -3.38. The van der Waals surface area contributed by atoms with E-state index in [4.69, 9.17) is 10.7 Å². The van der Waals surface area contributed by atoms with Gasteiger partial charge in [0.05, 0.1) is 23.2 Å². The van der Waals surface area contributed by atoms with Gasteiger partial charge in [-0.3, -0.25) is 4.98 Å². The molecule has 2 aromatic carbocycles. The van der Waals surface area contributed by atoms with Gasteiger partial charge in [-0.2, -0.15) is 0 Å². The molecule has 1 aliphatic rings. The van der Waals surface area contributed by atoms with Gasteiger partial charge in [-0.1, -0.05) is 43.2 Å². The number of fused-ring (bicyclic) bond motifs is 1. The molecule has 5 rings (SSSR count). The van der Waals surface area contributed by atoms with Crippen LogP contribution in [0.3, 0.4) is 0 Å². The van der Waals surface area contributed by atoms with Crippen LogP contribution in [0.1, 0.15) is 51.1 Å². The maximum atomic E-state index is 6.42. The van der Waals surface area contributed by atoms with Gasteiger partial charge in [0.2, 0.25) is 0 Å². The number of rotatable bonds is 7. The molecule has 2 aromatic heterocycles. The van der Waals surface area contributed by atoms with Gasteiger partial charge >= 0.3 is 0 Å². The molecule has 0 aliphatic heterocycles. The quantitative estimate of drug-likeness (QED) is 0.320. The van der Waals surface area contributed by atoms with Crippen molar-refractivity contribution in [3.8, 4) is 11.3 Å². The smallest absolute Gasteiger partial charge is 0.112 e. The van der Waals surface area contributed by atoms with Crippen LogP contribution in [-0.2, 0) is 6.54 Å². The standard InChI is InChI=1S/C28H34N6/c1-19(2)34-18-32-28-26(15-22(16-27(28)34)33-25-9-4-3-7-23(25)29)31-17-20-10-12-21(13-11-20)24-8-5-6-14-30-24/h5-6,8,10-16,18-19,23,25,31,33H,3-4,7,9,17,29H2,1-2H3/t23-,25+/m0/s1. The fraction of sp³-hybridized carbons (Fsp3) is 0.357. The first-order valence-electron chi connectivity index (χ1n) is 12.4. The van der Waals surface area contributed by atoms with Crippen LogP contribution in [0.2, 0.25) is 0 Å². The second-order valence-electron chi connectivity index (χ2n) is 9.60. The minimum absolute atomic E-state index is 0.202. The van der Waals surface area contributed by atoms with Gasteiger partial charge in [-0.05, 0) is 56.5 Å². The van der Waals surface area contributed by atoms with E-state index in [9.17, 15) is 0 Å². The SMILES string of the molecule is CC(C)n1cnc2c(NCc3ccc(-c4ccccn4)cc3)cc(N[C@@H]3CCCC[C@@H]3N)cc21. The second-order valence-corrected chi connectivity index (χ2v) is 9.60. The monoisotopic (exact) mass is 454 g/mol. The summed E-state index contributed by atoms with van der Waals surface area (Å²) in [5.74, 6) is 0. The zero-order valence-corrected chi connectivity index (χ0v) is 20.0. The molecule has 4 N–H and O–H groups in total. The van der Waals surface area contributed by atoms with Gasteiger partial charge in [-0.25, -0.2) is 4.98 Å². The highest BCUT2D eigenvalue weighted by Gasteiger charge is 2.22. The summed E-state index contributed by atoms with van der Waals surface area (Å²) in [6, 6.07) is 19.8. The largest absolute Gasteiger partial charge is 0.381 e. The number of nitrogens with zero attached hydrogens (tertiary/aromatic N) is 3. The zero-order valence-electron chi connectivity index (χ0n) is 20.0. The van der Waals surface area contributed by atoms with E-state index in [-0.39, 0.29) is 6.04 Å². The highest BCUT2D eigenvalue weighted by molar-refractivity contribution is 5.92. The summed E-state index contributed by atoms with van der Waals surface area (Å²) in [7, 11) is 0. The molecule has 4 aromatic rings. The predicted octanol–water partition coefficient (Wildman–Crippen LogP) is 5.97. The molecule has 34 heavy (non-hydrogen) atoms. The number of aromatic nitrogens is 3. The number of pyridine rings is 1. The molecule has 176 valence electrons. The van der Waals surface area contributed by atoms with Crippen LogP contribution in [0.25, 0.3) is 22.3 Å². The van der Waals surface area contributed by atoms with E-state index >= 15 is 0 Å². The maximum Gasteiger partial charge on any atom is 0.112 e. The number of hydrogen-bond donors (Lipinski definition) is 3. The Kier molecular flexibility index (Phi) is 6.50. The molecule has 1 aliphatic carbocycles. The Bertz CT molecular complexity index is 1230. The summed E-state index contributed by atoms with van der Waals surface area (Å²) in [5, 5.41) is 7.37. The molecule has 0 radical (unpaired) electrons. The van der Waals surface area contributed by atoms with Crippen molar-refractivity contribution >= 4 is 22.4 Å². The number of anilines is 2. The summed E-state index contributed by atoms with van der Waals surface area (Å²) in [5.41, 5.74) is 14.0. The normalized spacial score (nSPS) is 18.4. The number of nitrogens with one attached hydrogen (secondary N) is 2. The van der Waals surface area contributed by atoms with Crippen LogP contribution in [0.4, 0.5) is 11.4 Å². The minimum Gasteiger partial charge on any atom is -0.381 e. The van der Waals surface area contributed by atoms with Crippen LogP contribution in [0, 0.1) is 0 Å². The average molecular weight is 455 g/mol. The third-order valence-electron chi connectivity index (χ3n) is 6.80. The second kappa shape index (κ2) is 9.85. The van der Waals surface area contributed by atoms with Crippen LogP contribution in [-0.4, -0.2) is 26.6 Å². The molecule has 1 fully saturated rings.